The minimum absolute atomic E-state index is 1.06. The molecule has 0 amide bonds. The van der Waals surface area contributed by atoms with E-state index in [2.05, 4.69) is 17.6 Å². The molecule has 0 aliphatic heterocycles. The third-order valence-corrected chi connectivity index (χ3v) is 4.32. The van der Waals surface area contributed by atoms with Crippen molar-refractivity contribution >= 4 is 0 Å². The van der Waals surface area contributed by atoms with Gasteiger partial charge in [0, 0.05) is 0 Å². The Kier molecular flexibility index (Phi) is 11.5. The summed E-state index contributed by atoms with van der Waals surface area (Å²) in [6.07, 6.45) is 15.8. The molecule has 0 radical (unpaired) electrons. The second-order valence-electron chi connectivity index (χ2n) is 6.21. The Morgan fingerprint density at radius 3 is 2.05 bits per heavy atom. The van der Waals surface area contributed by atoms with Gasteiger partial charge in [0.2, 0.25) is 0 Å². The molecule has 1 aliphatic carbocycles. The summed E-state index contributed by atoms with van der Waals surface area (Å²) < 4.78 is 0. The first-order chi connectivity index (χ1) is 9.43. The molecule has 0 aromatic carbocycles. The molecule has 1 fully saturated rings. The molecule has 0 unspecified atom stereocenters. The van der Waals surface area contributed by atoms with Crippen molar-refractivity contribution in [2.45, 2.75) is 77.6 Å². The van der Waals surface area contributed by atoms with Gasteiger partial charge in [0.25, 0.3) is 0 Å². The lowest BCUT2D eigenvalue weighted by Gasteiger charge is -2.13. The van der Waals surface area contributed by atoms with Crippen LogP contribution in [0.1, 0.15) is 77.6 Å². The first kappa shape index (κ1) is 17.0. The molecule has 0 spiro atoms. The fourth-order valence-electron chi connectivity index (χ4n) is 3.10. The highest BCUT2D eigenvalue weighted by molar-refractivity contribution is 4.65. The Morgan fingerprint density at radius 1 is 0.737 bits per heavy atom. The Morgan fingerprint density at radius 2 is 1.37 bits per heavy atom. The summed E-state index contributed by atoms with van der Waals surface area (Å²) in [5.74, 6) is 1.06. The summed E-state index contributed by atoms with van der Waals surface area (Å²) >= 11 is 0. The number of hydrogen-bond acceptors (Lipinski definition) is 2. The van der Waals surface area contributed by atoms with E-state index < -0.39 is 0 Å². The van der Waals surface area contributed by atoms with Crippen molar-refractivity contribution in [2.75, 3.05) is 26.2 Å². The van der Waals surface area contributed by atoms with E-state index in [-0.39, 0.29) is 0 Å². The third-order valence-electron chi connectivity index (χ3n) is 4.32. The quantitative estimate of drug-likeness (QED) is 0.435. The summed E-state index contributed by atoms with van der Waals surface area (Å²) in [6.45, 7) is 6.96. The normalized spacial score (nSPS) is 17.5. The SMILES string of the molecule is CCCNCCCNCCCCC1CCCCCC1. The monoisotopic (exact) mass is 268 g/mol. The molecule has 1 saturated carbocycles. The zero-order chi connectivity index (χ0) is 13.6. The lowest BCUT2D eigenvalue weighted by atomic mass is 9.94. The zero-order valence-electron chi connectivity index (χ0n) is 13.2. The number of rotatable bonds is 11. The van der Waals surface area contributed by atoms with Crippen molar-refractivity contribution in [2.24, 2.45) is 5.92 Å². The molecule has 0 aromatic heterocycles. The molecule has 0 aromatic rings. The van der Waals surface area contributed by atoms with Crippen LogP contribution in [0, 0.1) is 5.92 Å². The van der Waals surface area contributed by atoms with E-state index in [0.29, 0.717) is 0 Å². The van der Waals surface area contributed by atoms with Gasteiger partial charge in [-0.25, -0.2) is 0 Å². The lowest BCUT2D eigenvalue weighted by Crippen LogP contribution is -2.23. The maximum atomic E-state index is 3.57. The van der Waals surface area contributed by atoms with E-state index in [1.165, 1.54) is 96.8 Å². The molecular weight excluding hydrogens is 232 g/mol. The summed E-state index contributed by atoms with van der Waals surface area (Å²) in [7, 11) is 0. The van der Waals surface area contributed by atoms with Gasteiger partial charge in [-0.3, -0.25) is 0 Å². The minimum Gasteiger partial charge on any atom is -0.317 e. The van der Waals surface area contributed by atoms with Crippen LogP contribution in [0.2, 0.25) is 0 Å². The van der Waals surface area contributed by atoms with Crippen molar-refractivity contribution in [1.29, 1.82) is 0 Å². The first-order valence-corrected chi connectivity index (χ1v) is 8.85. The van der Waals surface area contributed by atoms with E-state index >= 15 is 0 Å². The van der Waals surface area contributed by atoms with Crippen molar-refractivity contribution in [3.05, 3.63) is 0 Å². The Hall–Kier alpha value is -0.0800. The van der Waals surface area contributed by atoms with Gasteiger partial charge in [-0.2, -0.15) is 0 Å². The number of nitrogens with one attached hydrogen (secondary N) is 2. The predicted octanol–water partition coefficient (Wildman–Crippen LogP) is 4.11. The number of unbranched alkanes of at least 4 members (excludes halogenated alkanes) is 1. The second kappa shape index (κ2) is 12.9. The molecule has 0 heterocycles. The van der Waals surface area contributed by atoms with Gasteiger partial charge >= 0.3 is 0 Å². The van der Waals surface area contributed by atoms with Gasteiger partial charge in [-0.1, -0.05) is 58.3 Å². The Labute approximate surface area is 121 Å². The summed E-state index contributed by atoms with van der Waals surface area (Å²) in [4.78, 5) is 0. The van der Waals surface area contributed by atoms with Crippen molar-refractivity contribution in [3.63, 3.8) is 0 Å². The second-order valence-corrected chi connectivity index (χ2v) is 6.21. The maximum Gasteiger partial charge on any atom is -0.00368 e. The Balaban J connectivity index is 1.78. The van der Waals surface area contributed by atoms with Crippen molar-refractivity contribution in [1.82, 2.24) is 10.6 Å². The molecule has 2 nitrogen and oxygen atoms in total. The molecule has 0 atom stereocenters. The molecule has 19 heavy (non-hydrogen) atoms. The predicted molar refractivity (Wildman–Crippen MR) is 85.7 cm³/mol. The van der Waals surface area contributed by atoms with Crippen LogP contribution in [0.25, 0.3) is 0 Å². The van der Waals surface area contributed by atoms with E-state index in [9.17, 15) is 0 Å². The van der Waals surface area contributed by atoms with Gasteiger partial charge in [0.1, 0.15) is 0 Å². The molecular formula is C17H36N2. The van der Waals surface area contributed by atoms with Crippen LogP contribution in [0.4, 0.5) is 0 Å². The molecule has 2 heteroatoms. The highest BCUT2D eigenvalue weighted by Gasteiger charge is 2.11. The highest BCUT2D eigenvalue weighted by Crippen LogP contribution is 2.26. The Bertz CT molecular complexity index is 174. The maximum absolute atomic E-state index is 3.57. The van der Waals surface area contributed by atoms with Gasteiger partial charge in [0.05, 0.1) is 0 Å². The van der Waals surface area contributed by atoms with Gasteiger partial charge < -0.3 is 10.6 Å². The standard InChI is InChI=1S/C17H36N2/c1-2-13-18-15-9-16-19-14-8-7-12-17-10-5-3-4-6-11-17/h17-19H,2-16H2,1H3. The van der Waals surface area contributed by atoms with E-state index in [1.807, 2.05) is 0 Å². The van der Waals surface area contributed by atoms with Gasteiger partial charge in [0.15, 0.2) is 0 Å². The average Bonchev–Trinajstić information content (AvgIpc) is 2.69. The molecule has 114 valence electrons. The molecule has 1 aliphatic rings. The van der Waals surface area contributed by atoms with Crippen LogP contribution in [0.15, 0.2) is 0 Å². The number of hydrogen-bond donors (Lipinski definition) is 2. The molecule has 1 rings (SSSR count). The first-order valence-electron chi connectivity index (χ1n) is 8.85. The fraction of sp³-hybridized carbons (Fsp3) is 1.00. The van der Waals surface area contributed by atoms with Crippen LogP contribution < -0.4 is 10.6 Å². The largest absolute Gasteiger partial charge is 0.317 e. The van der Waals surface area contributed by atoms with E-state index in [0.717, 1.165) is 5.92 Å². The third kappa shape index (κ3) is 10.4. The smallest absolute Gasteiger partial charge is 0.00368 e. The van der Waals surface area contributed by atoms with Crippen molar-refractivity contribution < 1.29 is 0 Å². The molecule has 0 bridgehead atoms. The highest BCUT2D eigenvalue weighted by atomic mass is 14.9. The fourth-order valence-corrected chi connectivity index (χ4v) is 3.10. The van der Waals surface area contributed by atoms with Crippen LogP contribution in [-0.2, 0) is 0 Å². The van der Waals surface area contributed by atoms with Crippen LogP contribution >= 0.6 is 0 Å². The van der Waals surface area contributed by atoms with Crippen LogP contribution in [-0.4, -0.2) is 26.2 Å². The van der Waals surface area contributed by atoms with Crippen LogP contribution in [0.5, 0.6) is 0 Å². The molecule has 0 saturated heterocycles. The zero-order valence-corrected chi connectivity index (χ0v) is 13.2. The van der Waals surface area contributed by atoms with E-state index in [1.54, 1.807) is 0 Å². The molecule has 2 N–H and O–H groups in total. The summed E-state index contributed by atoms with van der Waals surface area (Å²) in [5, 5.41) is 7.02. The average molecular weight is 268 g/mol. The van der Waals surface area contributed by atoms with Crippen LogP contribution in [0.3, 0.4) is 0 Å². The van der Waals surface area contributed by atoms with Gasteiger partial charge in [-0.05, 0) is 51.4 Å². The lowest BCUT2D eigenvalue weighted by molar-refractivity contribution is 0.406. The summed E-state index contributed by atoms with van der Waals surface area (Å²) in [6, 6.07) is 0. The van der Waals surface area contributed by atoms with E-state index in [4.69, 9.17) is 0 Å². The van der Waals surface area contributed by atoms with Gasteiger partial charge in [-0.15, -0.1) is 0 Å². The summed E-state index contributed by atoms with van der Waals surface area (Å²) in [5.41, 5.74) is 0. The minimum atomic E-state index is 1.06. The topological polar surface area (TPSA) is 24.1 Å². The van der Waals surface area contributed by atoms with Crippen molar-refractivity contribution in [3.8, 4) is 0 Å².